The quantitative estimate of drug-likeness (QED) is 0.264. The summed E-state index contributed by atoms with van der Waals surface area (Å²) in [6, 6.07) is 17.1. The number of aliphatic hydroxyl groups excluding tert-OH is 1. The number of esters is 1. The highest BCUT2D eigenvalue weighted by Crippen LogP contribution is 2.43. The number of anilines is 1. The molecule has 1 N–H and O–H groups in total. The lowest BCUT2D eigenvalue weighted by Gasteiger charge is -2.25. The predicted molar refractivity (Wildman–Crippen MR) is 122 cm³/mol. The zero-order chi connectivity index (χ0) is 24.4. The number of carbonyl (C=O) groups excluding carboxylic acids is 3. The predicted octanol–water partition coefficient (Wildman–Crippen LogP) is 4.25. The second-order valence-corrected chi connectivity index (χ2v) is 7.46. The van der Waals surface area contributed by atoms with Crippen molar-refractivity contribution in [2.75, 3.05) is 19.1 Å². The lowest BCUT2D eigenvalue weighted by molar-refractivity contribution is -0.132. The number of halogens is 1. The molecule has 1 atom stereocenters. The number of ether oxygens (including phenoxy) is 2. The van der Waals surface area contributed by atoms with Crippen LogP contribution in [0.15, 0.2) is 78.4 Å². The molecular weight excluding hydrogens is 441 g/mol. The smallest absolute Gasteiger partial charge is 0.337 e. The van der Waals surface area contributed by atoms with E-state index < -0.39 is 35.3 Å². The first-order valence-corrected chi connectivity index (χ1v) is 10.3. The number of aliphatic hydroxyl groups is 1. The molecule has 1 unspecified atom stereocenters. The van der Waals surface area contributed by atoms with Crippen molar-refractivity contribution in [2.45, 2.75) is 6.04 Å². The molecule has 0 saturated carbocycles. The number of hydrogen-bond acceptors (Lipinski definition) is 6. The number of Topliss-reactive ketones (excluding diaryl/α,β-unsaturated/α-hetero) is 1. The molecule has 1 amide bonds. The second-order valence-electron chi connectivity index (χ2n) is 7.46. The molecule has 8 heteroatoms. The van der Waals surface area contributed by atoms with Gasteiger partial charge in [-0.15, -0.1) is 0 Å². The Morgan fingerprint density at radius 3 is 2.26 bits per heavy atom. The van der Waals surface area contributed by atoms with Crippen LogP contribution >= 0.6 is 0 Å². The van der Waals surface area contributed by atoms with Gasteiger partial charge in [0.2, 0.25) is 0 Å². The summed E-state index contributed by atoms with van der Waals surface area (Å²) in [5.41, 5.74) is 0.882. The largest absolute Gasteiger partial charge is 0.507 e. The van der Waals surface area contributed by atoms with Crippen LogP contribution < -0.4 is 9.64 Å². The minimum Gasteiger partial charge on any atom is -0.507 e. The highest BCUT2D eigenvalue weighted by molar-refractivity contribution is 6.51. The Kier molecular flexibility index (Phi) is 6.14. The summed E-state index contributed by atoms with van der Waals surface area (Å²) in [7, 11) is 2.60. The maximum atomic E-state index is 14.0. The average Bonchev–Trinajstić information content (AvgIpc) is 3.14. The van der Waals surface area contributed by atoms with E-state index in [4.69, 9.17) is 9.47 Å². The van der Waals surface area contributed by atoms with E-state index in [1.807, 2.05) is 0 Å². The van der Waals surface area contributed by atoms with E-state index in [0.717, 1.165) is 12.1 Å². The van der Waals surface area contributed by atoms with Crippen molar-refractivity contribution in [3.8, 4) is 5.75 Å². The third-order valence-corrected chi connectivity index (χ3v) is 5.54. The topological polar surface area (TPSA) is 93.1 Å². The third-order valence-electron chi connectivity index (χ3n) is 5.54. The van der Waals surface area contributed by atoms with Gasteiger partial charge >= 0.3 is 5.97 Å². The van der Waals surface area contributed by atoms with Crippen molar-refractivity contribution in [2.24, 2.45) is 0 Å². The van der Waals surface area contributed by atoms with Crippen LogP contribution in [0.1, 0.15) is 27.5 Å². The standard InChI is InChI=1S/C26H20FNO6/c1-33-20-13-10-17(27)14-19(20)23(29)21-22(15-6-4-3-5-7-15)28(25(31)24(21)30)18-11-8-16(9-12-18)26(32)34-2/h3-14,22,29H,1-2H3/b23-21+. The number of methoxy groups -OCH3 is 2. The molecular formula is C26H20FNO6. The van der Waals surface area contributed by atoms with Crippen LogP contribution in [0.4, 0.5) is 10.1 Å². The molecule has 7 nitrogen and oxygen atoms in total. The molecule has 1 aliphatic heterocycles. The van der Waals surface area contributed by atoms with Crippen LogP contribution in [-0.2, 0) is 14.3 Å². The first-order chi connectivity index (χ1) is 16.4. The second kappa shape index (κ2) is 9.19. The van der Waals surface area contributed by atoms with Gasteiger partial charge in [0, 0.05) is 5.69 Å². The first-order valence-electron chi connectivity index (χ1n) is 10.3. The number of ketones is 1. The van der Waals surface area contributed by atoms with Crippen LogP contribution in [0.5, 0.6) is 5.75 Å². The lowest BCUT2D eigenvalue weighted by atomic mass is 9.95. The summed E-state index contributed by atoms with van der Waals surface area (Å²) < 4.78 is 23.9. The van der Waals surface area contributed by atoms with Crippen LogP contribution in [0.3, 0.4) is 0 Å². The van der Waals surface area contributed by atoms with Crippen LogP contribution in [0.2, 0.25) is 0 Å². The number of nitrogens with zero attached hydrogens (tertiary/aromatic N) is 1. The molecule has 0 radical (unpaired) electrons. The van der Waals surface area contributed by atoms with Crippen LogP contribution in [0.25, 0.3) is 5.76 Å². The Balaban J connectivity index is 1.92. The molecule has 3 aromatic carbocycles. The molecule has 0 aromatic heterocycles. The molecule has 34 heavy (non-hydrogen) atoms. The third kappa shape index (κ3) is 3.90. The normalized spacial score (nSPS) is 17.0. The van der Waals surface area contributed by atoms with Gasteiger partial charge in [-0.3, -0.25) is 14.5 Å². The molecule has 3 aromatic rings. The number of benzene rings is 3. The van der Waals surface area contributed by atoms with Gasteiger partial charge in [-0.25, -0.2) is 9.18 Å². The fourth-order valence-electron chi connectivity index (χ4n) is 3.94. The van der Waals surface area contributed by atoms with Gasteiger partial charge in [0.1, 0.15) is 17.3 Å². The van der Waals surface area contributed by atoms with E-state index in [2.05, 4.69) is 0 Å². The molecule has 1 fully saturated rings. The van der Waals surface area contributed by atoms with Crippen molar-refractivity contribution in [1.29, 1.82) is 0 Å². The van der Waals surface area contributed by atoms with Crippen molar-refractivity contribution in [3.05, 3.63) is 101 Å². The Labute approximate surface area is 194 Å². The SMILES string of the molecule is COC(=O)c1ccc(N2C(=O)C(=O)/C(=C(/O)c3cc(F)ccc3OC)C2c2ccccc2)cc1. The highest BCUT2D eigenvalue weighted by atomic mass is 19.1. The molecule has 0 spiro atoms. The maximum Gasteiger partial charge on any atom is 0.337 e. The zero-order valence-electron chi connectivity index (χ0n) is 18.3. The summed E-state index contributed by atoms with van der Waals surface area (Å²) >= 11 is 0. The number of amides is 1. The van der Waals surface area contributed by atoms with Crippen molar-refractivity contribution in [1.82, 2.24) is 0 Å². The Morgan fingerprint density at radius 1 is 0.971 bits per heavy atom. The lowest BCUT2D eigenvalue weighted by Crippen LogP contribution is -2.29. The highest BCUT2D eigenvalue weighted by Gasteiger charge is 2.47. The van der Waals surface area contributed by atoms with Gasteiger partial charge in [-0.2, -0.15) is 0 Å². The molecule has 1 aliphatic rings. The van der Waals surface area contributed by atoms with Gasteiger partial charge < -0.3 is 14.6 Å². The van der Waals surface area contributed by atoms with E-state index in [1.54, 1.807) is 30.3 Å². The summed E-state index contributed by atoms with van der Waals surface area (Å²) in [4.78, 5) is 39.4. The molecule has 172 valence electrons. The molecule has 1 heterocycles. The Morgan fingerprint density at radius 2 is 1.65 bits per heavy atom. The monoisotopic (exact) mass is 461 g/mol. The molecule has 1 saturated heterocycles. The van der Waals surface area contributed by atoms with Crippen molar-refractivity contribution in [3.63, 3.8) is 0 Å². The molecule has 4 rings (SSSR count). The van der Waals surface area contributed by atoms with Crippen molar-refractivity contribution < 1.29 is 33.4 Å². The fourth-order valence-corrected chi connectivity index (χ4v) is 3.94. The van der Waals surface area contributed by atoms with Gasteiger partial charge in [0.15, 0.2) is 0 Å². The van der Waals surface area contributed by atoms with Gasteiger partial charge in [0.05, 0.1) is 37.0 Å². The van der Waals surface area contributed by atoms with E-state index in [-0.39, 0.29) is 22.4 Å². The minimum absolute atomic E-state index is 0.0533. The number of rotatable bonds is 5. The summed E-state index contributed by atoms with van der Waals surface area (Å²) in [6.07, 6.45) is 0. The summed E-state index contributed by atoms with van der Waals surface area (Å²) in [5, 5.41) is 11.2. The van der Waals surface area contributed by atoms with Gasteiger partial charge in [0.25, 0.3) is 11.7 Å². The van der Waals surface area contributed by atoms with Crippen molar-refractivity contribution >= 4 is 29.1 Å². The Bertz CT molecular complexity index is 1300. The van der Waals surface area contributed by atoms with E-state index in [1.165, 1.54) is 49.5 Å². The average molecular weight is 461 g/mol. The van der Waals surface area contributed by atoms with E-state index in [9.17, 15) is 23.9 Å². The summed E-state index contributed by atoms with van der Waals surface area (Å²) in [6.45, 7) is 0. The fraction of sp³-hybridized carbons (Fsp3) is 0.115. The first kappa shape index (κ1) is 22.7. The van der Waals surface area contributed by atoms with Crippen LogP contribution in [0, 0.1) is 5.82 Å². The summed E-state index contributed by atoms with van der Waals surface area (Å²) in [5.74, 6) is -3.43. The zero-order valence-corrected chi connectivity index (χ0v) is 18.3. The molecule has 0 aliphatic carbocycles. The Hall–Kier alpha value is -4.46. The molecule has 0 bridgehead atoms. The number of hydrogen-bond donors (Lipinski definition) is 1. The van der Waals surface area contributed by atoms with Gasteiger partial charge in [-0.05, 0) is 48.0 Å². The number of carbonyl (C=O) groups is 3. The van der Waals surface area contributed by atoms with Crippen LogP contribution in [-0.4, -0.2) is 37.0 Å². The minimum atomic E-state index is -1.00. The van der Waals surface area contributed by atoms with E-state index >= 15 is 0 Å². The maximum absolute atomic E-state index is 14.0. The van der Waals surface area contributed by atoms with Gasteiger partial charge in [-0.1, -0.05) is 30.3 Å². The van der Waals surface area contributed by atoms with E-state index in [0.29, 0.717) is 11.3 Å².